The fourth-order valence-corrected chi connectivity index (χ4v) is 1.57. The highest BCUT2D eigenvalue weighted by molar-refractivity contribution is 5.94. The van der Waals surface area contributed by atoms with Crippen LogP contribution in [0.5, 0.6) is 5.75 Å². The van der Waals surface area contributed by atoms with Gasteiger partial charge in [-0.3, -0.25) is 4.79 Å². The van der Waals surface area contributed by atoms with Crippen molar-refractivity contribution in [2.75, 3.05) is 19.8 Å². The van der Waals surface area contributed by atoms with E-state index in [0.717, 1.165) is 18.9 Å². The summed E-state index contributed by atoms with van der Waals surface area (Å²) in [5.74, 6) is 0.320. The standard InChI is InChI=1S/C13H18N2O3/c16-11-3-1-6-14-12(11)13(17)15-7-2-8-18-9-10-4-5-10/h1,3,6,10,16H,2,4-5,7-9H2,(H,15,17). The topological polar surface area (TPSA) is 71.5 Å². The first-order valence-electron chi connectivity index (χ1n) is 6.27. The highest BCUT2D eigenvalue weighted by Gasteiger charge is 2.20. The highest BCUT2D eigenvalue weighted by atomic mass is 16.5. The van der Waals surface area contributed by atoms with Gasteiger partial charge in [0.2, 0.25) is 0 Å². The smallest absolute Gasteiger partial charge is 0.273 e. The van der Waals surface area contributed by atoms with Crippen LogP contribution >= 0.6 is 0 Å². The number of aromatic hydroxyl groups is 1. The predicted octanol–water partition coefficient (Wildman–Crippen LogP) is 1.33. The Kier molecular flexibility index (Phi) is 4.52. The molecule has 1 amide bonds. The van der Waals surface area contributed by atoms with E-state index in [-0.39, 0.29) is 17.4 Å². The van der Waals surface area contributed by atoms with E-state index in [1.165, 1.54) is 25.1 Å². The van der Waals surface area contributed by atoms with Gasteiger partial charge in [-0.2, -0.15) is 0 Å². The molecule has 0 aliphatic heterocycles. The number of rotatable bonds is 7. The van der Waals surface area contributed by atoms with Crippen molar-refractivity contribution in [2.45, 2.75) is 19.3 Å². The number of hydrogen-bond acceptors (Lipinski definition) is 4. The maximum Gasteiger partial charge on any atom is 0.273 e. The Labute approximate surface area is 106 Å². The fraction of sp³-hybridized carbons (Fsp3) is 0.538. The predicted molar refractivity (Wildman–Crippen MR) is 66.4 cm³/mol. The van der Waals surface area contributed by atoms with Crippen LogP contribution in [0.4, 0.5) is 0 Å². The molecule has 2 rings (SSSR count). The normalized spacial score (nSPS) is 14.4. The summed E-state index contributed by atoms with van der Waals surface area (Å²) < 4.78 is 5.45. The van der Waals surface area contributed by atoms with E-state index in [2.05, 4.69) is 10.3 Å². The van der Waals surface area contributed by atoms with Gasteiger partial charge in [-0.05, 0) is 37.3 Å². The molecule has 5 nitrogen and oxygen atoms in total. The maximum atomic E-state index is 11.6. The van der Waals surface area contributed by atoms with Crippen molar-refractivity contribution in [2.24, 2.45) is 5.92 Å². The average molecular weight is 250 g/mol. The quantitative estimate of drug-likeness (QED) is 0.716. The molecule has 1 aromatic heterocycles. The Morgan fingerprint density at radius 3 is 3.11 bits per heavy atom. The molecule has 2 N–H and O–H groups in total. The molecule has 0 aromatic carbocycles. The number of carbonyl (C=O) groups is 1. The van der Waals surface area contributed by atoms with Gasteiger partial charge in [0.25, 0.3) is 5.91 Å². The molecule has 1 fully saturated rings. The zero-order chi connectivity index (χ0) is 12.8. The lowest BCUT2D eigenvalue weighted by Crippen LogP contribution is -2.26. The van der Waals surface area contributed by atoms with Gasteiger partial charge in [-0.25, -0.2) is 4.98 Å². The van der Waals surface area contributed by atoms with E-state index in [4.69, 9.17) is 4.74 Å². The molecule has 0 unspecified atom stereocenters. The molecule has 0 radical (unpaired) electrons. The summed E-state index contributed by atoms with van der Waals surface area (Å²) in [6.07, 6.45) is 4.82. The maximum absolute atomic E-state index is 11.6. The van der Waals surface area contributed by atoms with E-state index in [0.29, 0.717) is 13.2 Å². The summed E-state index contributed by atoms with van der Waals surface area (Å²) >= 11 is 0. The van der Waals surface area contributed by atoms with Gasteiger partial charge in [-0.1, -0.05) is 0 Å². The van der Waals surface area contributed by atoms with E-state index >= 15 is 0 Å². The molecule has 1 aromatic rings. The molecule has 0 spiro atoms. The SMILES string of the molecule is O=C(NCCCOCC1CC1)c1ncccc1O. The van der Waals surface area contributed by atoms with Gasteiger partial charge in [0.15, 0.2) is 5.69 Å². The third-order valence-corrected chi connectivity index (χ3v) is 2.80. The van der Waals surface area contributed by atoms with E-state index in [1.54, 1.807) is 6.07 Å². The Morgan fingerprint density at radius 1 is 1.56 bits per heavy atom. The minimum atomic E-state index is -0.352. The second kappa shape index (κ2) is 6.35. The van der Waals surface area contributed by atoms with Gasteiger partial charge < -0.3 is 15.2 Å². The van der Waals surface area contributed by atoms with Crippen molar-refractivity contribution in [1.82, 2.24) is 10.3 Å². The number of nitrogens with zero attached hydrogens (tertiary/aromatic N) is 1. The zero-order valence-electron chi connectivity index (χ0n) is 10.3. The number of aromatic nitrogens is 1. The van der Waals surface area contributed by atoms with Crippen LogP contribution in [0.25, 0.3) is 0 Å². The van der Waals surface area contributed by atoms with Crippen LogP contribution < -0.4 is 5.32 Å². The fourth-order valence-electron chi connectivity index (χ4n) is 1.57. The molecule has 98 valence electrons. The van der Waals surface area contributed by atoms with Crippen molar-refractivity contribution in [3.05, 3.63) is 24.0 Å². The highest BCUT2D eigenvalue weighted by Crippen LogP contribution is 2.28. The number of ether oxygens (including phenoxy) is 1. The average Bonchev–Trinajstić information content (AvgIpc) is 3.18. The molecule has 18 heavy (non-hydrogen) atoms. The Balaban J connectivity index is 1.60. The van der Waals surface area contributed by atoms with Crippen LogP contribution in [0.3, 0.4) is 0 Å². The second-order valence-corrected chi connectivity index (χ2v) is 4.50. The number of amides is 1. The van der Waals surface area contributed by atoms with E-state index in [1.807, 2.05) is 0 Å². The first kappa shape index (κ1) is 12.8. The van der Waals surface area contributed by atoms with Crippen molar-refractivity contribution in [1.29, 1.82) is 0 Å². The molecule has 1 aliphatic rings. The van der Waals surface area contributed by atoms with E-state index in [9.17, 15) is 9.90 Å². The van der Waals surface area contributed by atoms with Crippen LogP contribution in [0.1, 0.15) is 29.8 Å². The van der Waals surface area contributed by atoms with Gasteiger partial charge in [0, 0.05) is 26.0 Å². The third-order valence-electron chi connectivity index (χ3n) is 2.80. The third kappa shape index (κ3) is 4.00. The van der Waals surface area contributed by atoms with Crippen molar-refractivity contribution in [3.63, 3.8) is 0 Å². The zero-order valence-corrected chi connectivity index (χ0v) is 10.3. The van der Waals surface area contributed by atoms with Crippen LogP contribution in [-0.4, -0.2) is 35.8 Å². The molecule has 5 heteroatoms. The minimum Gasteiger partial charge on any atom is -0.505 e. The molecule has 0 atom stereocenters. The monoisotopic (exact) mass is 250 g/mol. The summed E-state index contributed by atoms with van der Waals surface area (Å²) in [6.45, 7) is 2.03. The van der Waals surface area contributed by atoms with Crippen LogP contribution in [0.2, 0.25) is 0 Å². The molecular weight excluding hydrogens is 232 g/mol. The van der Waals surface area contributed by atoms with Crippen molar-refractivity contribution < 1.29 is 14.6 Å². The van der Waals surface area contributed by atoms with Crippen LogP contribution in [-0.2, 0) is 4.74 Å². The largest absolute Gasteiger partial charge is 0.505 e. The number of hydrogen-bond donors (Lipinski definition) is 2. The second-order valence-electron chi connectivity index (χ2n) is 4.50. The lowest BCUT2D eigenvalue weighted by Gasteiger charge is -2.06. The number of carbonyl (C=O) groups excluding carboxylic acids is 1. The van der Waals surface area contributed by atoms with Crippen molar-refractivity contribution in [3.8, 4) is 5.75 Å². The number of nitrogens with one attached hydrogen (secondary N) is 1. The Hall–Kier alpha value is -1.62. The lowest BCUT2D eigenvalue weighted by molar-refractivity contribution is 0.0930. The van der Waals surface area contributed by atoms with Crippen LogP contribution in [0, 0.1) is 5.92 Å². The summed E-state index contributed by atoms with van der Waals surface area (Å²) in [6, 6.07) is 3.03. The van der Waals surface area contributed by atoms with Gasteiger partial charge in [0.05, 0.1) is 0 Å². The van der Waals surface area contributed by atoms with Gasteiger partial charge in [-0.15, -0.1) is 0 Å². The molecule has 0 saturated heterocycles. The first-order chi connectivity index (χ1) is 8.77. The molecular formula is C13H18N2O3. The lowest BCUT2D eigenvalue weighted by atomic mass is 10.3. The van der Waals surface area contributed by atoms with Gasteiger partial charge >= 0.3 is 0 Å². The molecule has 0 bridgehead atoms. The summed E-state index contributed by atoms with van der Waals surface area (Å²) in [4.78, 5) is 15.5. The Bertz CT molecular complexity index is 405. The summed E-state index contributed by atoms with van der Waals surface area (Å²) in [5, 5.41) is 12.1. The Morgan fingerprint density at radius 2 is 2.39 bits per heavy atom. The van der Waals surface area contributed by atoms with Crippen LogP contribution in [0.15, 0.2) is 18.3 Å². The molecule has 1 aliphatic carbocycles. The van der Waals surface area contributed by atoms with E-state index < -0.39 is 0 Å². The number of pyridine rings is 1. The molecule has 1 saturated carbocycles. The summed E-state index contributed by atoms with van der Waals surface area (Å²) in [7, 11) is 0. The first-order valence-corrected chi connectivity index (χ1v) is 6.27. The summed E-state index contributed by atoms with van der Waals surface area (Å²) in [5.41, 5.74) is 0.0661. The van der Waals surface area contributed by atoms with Crippen molar-refractivity contribution >= 4 is 5.91 Å². The minimum absolute atomic E-state index is 0.0661. The molecule has 1 heterocycles. The van der Waals surface area contributed by atoms with Gasteiger partial charge in [0.1, 0.15) is 5.75 Å².